The monoisotopic (exact) mass is 329 g/mol. The van der Waals surface area contributed by atoms with Gasteiger partial charge < -0.3 is 0 Å². The maximum atomic E-state index is 12.3. The molecule has 2 aromatic heterocycles. The minimum atomic E-state index is -1.22. The van der Waals surface area contributed by atoms with Crippen molar-refractivity contribution in [3.05, 3.63) is 38.8 Å². The second-order valence-electron chi connectivity index (χ2n) is 5.58. The van der Waals surface area contributed by atoms with Crippen molar-refractivity contribution in [1.29, 1.82) is 5.26 Å². The maximum absolute atomic E-state index is 12.3. The number of carbonyl (C=O) groups excluding carboxylic acids is 2. The Hall–Kier alpha value is -2.26. The van der Waals surface area contributed by atoms with E-state index in [1.807, 2.05) is 40.0 Å². The van der Waals surface area contributed by atoms with Gasteiger partial charge in [0.1, 0.15) is 0 Å². The molecule has 0 N–H and O–H groups in total. The van der Waals surface area contributed by atoms with Crippen molar-refractivity contribution >= 4 is 22.9 Å². The summed E-state index contributed by atoms with van der Waals surface area (Å²) in [5.74, 6) is -1.94. The lowest BCUT2D eigenvalue weighted by Gasteiger charge is -2.06. The van der Waals surface area contributed by atoms with Gasteiger partial charge in [0.2, 0.25) is 0 Å². The standard InChI is InChI=1S/C17H19N3O2S/c1-10-5-8-16(23-10)17(22)14(9-18)15(21)7-6-13-11(2)19-20(4)12(13)3/h5,8,14H,6-7H2,1-4H3/t14-/m1/s1. The molecular weight excluding hydrogens is 310 g/mol. The van der Waals surface area contributed by atoms with E-state index in [9.17, 15) is 14.9 Å². The topological polar surface area (TPSA) is 75.8 Å². The smallest absolute Gasteiger partial charge is 0.197 e. The van der Waals surface area contributed by atoms with Gasteiger partial charge in [-0.05, 0) is 44.9 Å². The Morgan fingerprint density at radius 1 is 1.35 bits per heavy atom. The molecule has 2 heterocycles. The Morgan fingerprint density at radius 3 is 2.52 bits per heavy atom. The molecule has 0 aliphatic heterocycles. The van der Waals surface area contributed by atoms with Crippen LogP contribution in [-0.2, 0) is 18.3 Å². The summed E-state index contributed by atoms with van der Waals surface area (Å²) in [7, 11) is 1.86. The molecule has 6 heteroatoms. The highest BCUT2D eigenvalue weighted by atomic mass is 32.1. The van der Waals surface area contributed by atoms with Crippen molar-refractivity contribution in [2.75, 3.05) is 0 Å². The first kappa shape index (κ1) is 17.1. The first-order valence-corrected chi connectivity index (χ1v) is 8.18. The van der Waals surface area contributed by atoms with Crippen LogP contribution in [0, 0.1) is 38.0 Å². The van der Waals surface area contributed by atoms with E-state index in [0.29, 0.717) is 11.3 Å². The number of hydrogen-bond acceptors (Lipinski definition) is 5. The molecule has 5 nitrogen and oxygen atoms in total. The van der Waals surface area contributed by atoms with Crippen molar-refractivity contribution in [3.63, 3.8) is 0 Å². The third kappa shape index (κ3) is 3.57. The Morgan fingerprint density at radius 2 is 2.04 bits per heavy atom. The van der Waals surface area contributed by atoms with Crippen molar-refractivity contribution in [2.24, 2.45) is 13.0 Å². The molecule has 0 aliphatic rings. The first-order chi connectivity index (χ1) is 10.8. The molecule has 0 fully saturated rings. The Bertz CT molecular complexity index is 795. The molecule has 0 bridgehead atoms. The van der Waals surface area contributed by atoms with E-state index < -0.39 is 11.7 Å². The summed E-state index contributed by atoms with van der Waals surface area (Å²) in [6.45, 7) is 5.73. The van der Waals surface area contributed by atoms with Crippen LogP contribution in [-0.4, -0.2) is 21.3 Å². The number of hydrogen-bond donors (Lipinski definition) is 0. The molecule has 0 saturated heterocycles. The number of aromatic nitrogens is 2. The number of Topliss-reactive ketones (excluding diaryl/α,β-unsaturated/α-hetero) is 2. The Balaban J connectivity index is 2.09. The zero-order chi connectivity index (χ0) is 17.1. The summed E-state index contributed by atoms with van der Waals surface area (Å²) in [6.07, 6.45) is 0.668. The van der Waals surface area contributed by atoms with Crippen LogP contribution < -0.4 is 0 Å². The number of thiophene rings is 1. The molecule has 0 unspecified atom stereocenters. The van der Waals surface area contributed by atoms with Gasteiger partial charge in [-0.1, -0.05) is 0 Å². The van der Waals surface area contributed by atoms with E-state index in [-0.39, 0.29) is 12.2 Å². The number of rotatable bonds is 6. The van der Waals surface area contributed by atoms with Crippen LogP contribution in [0.4, 0.5) is 0 Å². The lowest BCUT2D eigenvalue weighted by atomic mass is 9.94. The van der Waals surface area contributed by atoms with E-state index in [2.05, 4.69) is 5.10 Å². The molecule has 0 aliphatic carbocycles. The van der Waals surface area contributed by atoms with E-state index in [4.69, 9.17) is 0 Å². The lowest BCUT2D eigenvalue weighted by molar-refractivity contribution is -0.120. The summed E-state index contributed by atoms with van der Waals surface area (Å²) < 4.78 is 1.77. The summed E-state index contributed by atoms with van der Waals surface area (Å²) >= 11 is 1.31. The Labute approximate surface area is 139 Å². The lowest BCUT2D eigenvalue weighted by Crippen LogP contribution is -2.22. The van der Waals surface area contributed by atoms with Crippen LogP contribution in [0.3, 0.4) is 0 Å². The summed E-state index contributed by atoms with van der Waals surface area (Å²) in [5.41, 5.74) is 2.90. The molecule has 1 atom stereocenters. The number of nitriles is 1. The fourth-order valence-electron chi connectivity index (χ4n) is 2.56. The molecule has 0 radical (unpaired) electrons. The van der Waals surface area contributed by atoms with Crippen molar-refractivity contribution in [2.45, 2.75) is 33.6 Å². The van der Waals surface area contributed by atoms with Crippen LogP contribution in [0.15, 0.2) is 12.1 Å². The van der Waals surface area contributed by atoms with Gasteiger partial charge in [-0.2, -0.15) is 10.4 Å². The molecule has 2 rings (SSSR count). The predicted octanol–water partition coefficient (Wildman–Crippen LogP) is 2.93. The molecule has 2 aromatic rings. The highest BCUT2D eigenvalue weighted by Crippen LogP contribution is 2.21. The number of carbonyl (C=O) groups is 2. The zero-order valence-corrected chi connectivity index (χ0v) is 14.5. The zero-order valence-electron chi connectivity index (χ0n) is 13.7. The van der Waals surface area contributed by atoms with Gasteiger partial charge in [-0.3, -0.25) is 14.3 Å². The van der Waals surface area contributed by atoms with Crippen LogP contribution >= 0.6 is 11.3 Å². The first-order valence-electron chi connectivity index (χ1n) is 7.37. The maximum Gasteiger partial charge on any atom is 0.197 e. The van der Waals surface area contributed by atoms with Gasteiger partial charge >= 0.3 is 0 Å². The Kier molecular flexibility index (Phi) is 5.12. The van der Waals surface area contributed by atoms with Crippen LogP contribution in [0.5, 0.6) is 0 Å². The molecule has 0 amide bonds. The largest absolute Gasteiger partial charge is 0.298 e. The van der Waals surface area contributed by atoms with Gasteiger partial charge in [0.15, 0.2) is 17.5 Å². The molecule has 120 valence electrons. The number of ketones is 2. The van der Waals surface area contributed by atoms with Crippen LogP contribution in [0.2, 0.25) is 0 Å². The van der Waals surface area contributed by atoms with E-state index in [1.165, 1.54) is 11.3 Å². The molecule has 23 heavy (non-hydrogen) atoms. The fourth-order valence-corrected chi connectivity index (χ4v) is 3.40. The van der Waals surface area contributed by atoms with Crippen LogP contribution in [0.25, 0.3) is 0 Å². The molecule has 0 saturated carbocycles. The van der Waals surface area contributed by atoms with Gasteiger partial charge in [0.25, 0.3) is 0 Å². The summed E-state index contributed by atoms with van der Waals surface area (Å²) in [5, 5.41) is 13.6. The minimum Gasteiger partial charge on any atom is -0.298 e. The van der Waals surface area contributed by atoms with E-state index in [0.717, 1.165) is 21.8 Å². The van der Waals surface area contributed by atoms with Crippen molar-refractivity contribution in [1.82, 2.24) is 9.78 Å². The van der Waals surface area contributed by atoms with Gasteiger partial charge in [0, 0.05) is 24.0 Å². The van der Waals surface area contributed by atoms with Crippen molar-refractivity contribution in [3.8, 4) is 6.07 Å². The van der Waals surface area contributed by atoms with E-state index in [1.54, 1.807) is 10.7 Å². The quantitative estimate of drug-likeness (QED) is 0.603. The summed E-state index contributed by atoms with van der Waals surface area (Å²) in [6, 6.07) is 5.36. The van der Waals surface area contributed by atoms with E-state index >= 15 is 0 Å². The normalized spacial score (nSPS) is 12.0. The van der Waals surface area contributed by atoms with Gasteiger partial charge in [-0.15, -0.1) is 11.3 Å². The average Bonchev–Trinajstić information content (AvgIpc) is 3.03. The summed E-state index contributed by atoms with van der Waals surface area (Å²) in [4.78, 5) is 26.1. The average molecular weight is 329 g/mol. The fraction of sp³-hybridized carbons (Fsp3) is 0.412. The molecule has 0 aromatic carbocycles. The van der Waals surface area contributed by atoms with Gasteiger partial charge in [-0.25, -0.2) is 0 Å². The molecular formula is C17H19N3O2S. The SMILES string of the molecule is Cc1ccc(C(=O)[C@H](C#N)C(=O)CCc2c(C)nn(C)c2C)s1. The highest BCUT2D eigenvalue weighted by Gasteiger charge is 2.28. The number of nitrogens with zero attached hydrogens (tertiary/aromatic N) is 3. The highest BCUT2D eigenvalue weighted by molar-refractivity contribution is 7.14. The van der Waals surface area contributed by atoms with Gasteiger partial charge in [0.05, 0.1) is 16.6 Å². The predicted molar refractivity (Wildman–Crippen MR) is 88.5 cm³/mol. The molecule has 0 spiro atoms. The second kappa shape index (κ2) is 6.88. The van der Waals surface area contributed by atoms with Crippen LogP contribution in [0.1, 0.15) is 37.9 Å². The minimum absolute atomic E-state index is 0.168. The second-order valence-corrected chi connectivity index (χ2v) is 6.86. The third-order valence-electron chi connectivity index (χ3n) is 3.98. The number of aryl methyl sites for hydroxylation is 3. The third-order valence-corrected chi connectivity index (χ3v) is 4.99. The van der Waals surface area contributed by atoms with Crippen molar-refractivity contribution < 1.29 is 9.59 Å².